The molecule has 1 aromatic heterocycles. The minimum absolute atomic E-state index is 0.430. The molecule has 0 aliphatic carbocycles. The van der Waals surface area contributed by atoms with Crippen molar-refractivity contribution in [2.24, 2.45) is 0 Å². The Morgan fingerprint density at radius 1 is 0.778 bits per heavy atom. The van der Waals surface area contributed by atoms with E-state index in [-0.39, 0.29) is 0 Å². The van der Waals surface area contributed by atoms with E-state index in [0.717, 1.165) is 48.3 Å². The van der Waals surface area contributed by atoms with Crippen LogP contribution in [0.15, 0.2) is 66.9 Å². The van der Waals surface area contributed by atoms with Crippen LogP contribution in [0.5, 0.6) is 0 Å². The van der Waals surface area contributed by atoms with Crippen LogP contribution in [0.3, 0.4) is 0 Å². The third-order valence-corrected chi connectivity index (χ3v) is 8.31. The lowest BCUT2D eigenvalue weighted by molar-refractivity contribution is 0.00578. The highest BCUT2D eigenvalue weighted by atomic mass is 16.7. The largest absolute Gasteiger partial charge is 0.495 e. The summed E-state index contributed by atoms with van der Waals surface area (Å²) in [6, 6.07) is 21.6. The van der Waals surface area contributed by atoms with Gasteiger partial charge in [0.15, 0.2) is 0 Å². The zero-order chi connectivity index (χ0) is 25.1. The zero-order valence-corrected chi connectivity index (χ0v) is 21.9. The smallest absolute Gasteiger partial charge is 0.399 e. The zero-order valence-electron chi connectivity index (χ0n) is 21.9. The van der Waals surface area contributed by atoms with E-state index in [0.29, 0.717) is 0 Å². The number of aromatic nitrogens is 1. The maximum atomic E-state index is 6.66. The molecule has 0 amide bonds. The van der Waals surface area contributed by atoms with E-state index in [9.17, 15) is 0 Å². The van der Waals surface area contributed by atoms with Crippen molar-refractivity contribution in [3.05, 3.63) is 66.9 Å². The van der Waals surface area contributed by atoms with Crippen molar-refractivity contribution < 1.29 is 9.31 Å². The van der Waals surface area contributed by atoms with Crippen molar-refractivity contribution >= 4 is 39.8 Å². The van der Waals surface area contributed by atoms with Crippen molar-refractivity contribution in [2.75, 3.05) is 38.1 Å². The number of hydrogen-bond donors (Lipinski definition) is 0. The second-order valence-corrected chi connectivity index (χ2v) is 11.2. The number of anilines is 1. The SMILES string of the molecule is CN1CCN(c2cc(B3OC(C)(C)C(C)(C)O3)c(-c3nccc4ccccc34)c3ccccc23)CC1. The third-order valence-electron chi connectivity index (χ3n) is 8.31. The summed E-state index contributed by atoms with van der Waals surface area (Å²) in [5.41, 5.74) is 3.50. The number of piperazine rings is 1. The first-order chi connectivity index (χ1) is 17.2. The molecule has 2 aliphatic rings. The maximum Gasteiger partial charge on any atom is 0.495 e. The number of nitrogens with zero attached hydrogens (tertiary/aromatic N) is 3. The number of fused-ring (bicyclic) bond motifs is 2. The molecule has 0 spiro atoms. The average molecular weight is 479 g/mol. The summed E-state index contributed by atoms with van der Waals surface area (Å²) >= 11 is 0. The van der Waals surface area contributed by atoms with Crippen LogP contribution >= 0.6 is 0 Å². The molecular formula is C30H34BN3O2. The number of hydrogen-bond acceptors (Lipinski definition) is 5. The van der Waals surface area contributed by atoms with Crippen LogP contribution in [-0.4, -0.2) is 61.4 Å². The van der Waals surface area contributed by atoms with E-state index < -0.39 is 18.3 Å². The molecule has 36 heavy (non-hydrogen) atoms. The maximum absolute atomic E-state index is 6.66. The van der Waals surface area contributed by atoms with Crippen molar-refractivity contribution in [2.45, 2.75) is 38.9 Å². The molecule has 3 aromatic carbocycles. The van der Waals surface area contributed by atoms with Gasteiger partial charge in [-0.15, -0.1) is 0 Å². The fourth-order valence-corrected chi connectivity index (χ4v) is 5.43. The molecule has 184 valence electrons. The first-order valence-corrected chi connectivity index (χ1v) is 12.9. The molecule has 5 nitrogen and oxygen atoms in total. The van der Waals surface area contributed by atoms with Gasteiger partial charge in [-0.3, -0.25) is 4.98 Å². The fourth-order valence-electron chi connectivity index (χ4n) is 5.43. The lowest BCUT2D eigenvalue weighted by atomic mass is 9.72. The quantitative estimate of drug-likeness (QED) is 0.382. The van der Waals surface area contributed by atoms with Crippen LogP contribution in [0, 0.1) is 0 Å². The second-order valence-electron chi connectivity index (χ2n) is 11.2. The first-order valence-electron chi connectivity index (χ1n) is 12.9. The van der Waals surface area contributed by atoms with Gasteiger partial charge in [-0.2, -0.15) is 0 Å². The van der Waals surface area contributed by atoms with Crippen LogP contribution in [-0.2, 0) is 9.31 Å². The summed E-state index contributed by atoms with van der Waals surface area (Å²) in [7, 11) is 1.71. The summed E-state index contributed by atoms with van der Waals surface area (Å²) in [5, 5.41) is 4.74. The molecule has 2 fully saturated rings. The predicted molar refractivity (Wildman–Crippen MR) is 150 cm³/mol. The van der Waals surface area contributed by atoms with Gasteiger partial charge in [-0.05, 0) is 63.1 Å². The topological polar surface area (TPSA) is 37.8 Å². The van der Waals surface area contributed by atoms with Crippen LogP contribution in [0.4, 0.5) is 5.69 Å². The van der Waals surface area contributed by atoms with Crippen molar-refractivity contribution in [3.63, 3.8) is 0 Å². The Kier molecular flexibility index (Phi) is 5.60. The third kappa shape index (κ3) is 3.79. The van der Waals surface area contributed by atoms with E-state index in [1.165, 1.54) is 21.8 Å². The summed E-state index contributed by atoms with van der Waals surface area (Å²) in [5.74, 6) is 0. The number of likely N-dealkylation sites (N-methyl/N-ethyl adjacent to an activating group) is 1. The van der Waals surface area contributed by atoms with E-state index in [1.54, 1.807) is 0 Å². The fraction of sp³-hybridized carbons (Fsp3) is 0.367. The van der Waals surface area contributed by atoms with Gasteiger partial charge in [0.05, 0.1) is 16.9 Å². The Hall–Kier alpha value is -2.93. The molecule has 0 bridgehead atoms. The predicted octanol–water partition coefficient (Wildman–Crippen LogP) is 5.11. The van der Waals surface area contributed by atoms with Crippen LogP contribution < -0.4 is 10.4 Å². The molecular weight excluding hydrogens is 445 g/mol. The number of rotatable bonds is 3. The standard InChI is InChI=1S/C30H34BN3O2/c1-29(2)30(3,4)36-31(35-29)25-20-26(34-18-16-33(5)17-19-34)23-12-8-9-13-24(23)27(25)28-22-11-7-6-10-21(22)14-15-32-28/h6-15,20H,16-19H2,1-5H3. The highest BCUT2D eigenvalue weighted by molar-refractivity contribution is 6.65. The highest BCUT2D eigenvalue weighted by Gasteiger charge is 2.52. The molecule has 0 atom stereocenters. The van der Waals surface area contributed by atoms with Crippen LogP contribution in [0.2, 0.25) is 0 Å². The Morgan fingerprint density at radius 2 is 1.39 bits per heavy atom. The molecule has 4 aromatic rings. The Balaban J connectivity index is 1.64. The minimum atomic E-state index is -0.485. The minimum Gasteiger partial charge on any atom is -0.399 e. The van der Waals surface area contributed by atoms with Crippen LogP contribution in [0.1, 0.15) is 27.7 Å². The van der Waals surface area contributed by atoms with Crippen molar-refractivity contribution in [1.82, 2.24) is 9.88 Å². The van der Waals surface area contributed by atoms with Gasteiger partial charge in [-0.25, -0.2) is 0 Å². The summed E-state index contributed by atoms with van der Waals surface area (Å²) in [6.07, 6.45) is 1.91. The number of pyridine rings is 1. The van der Waals surface area contributed by atoms with E-state index in [2.05, 4.69) is 105 Å². The van der Waals surface area contributed by atoms with E-state index in [4.69, 9.17) is 14.3 Å². The Morgan fingerprint density at radius 3 is 2.08 bits per heavy atom. The van der Waals surface area contributed by atoms with Gasteiger partial charge < -0.3 is 19.1 Å². The van der Waals surface area contributed by atoms with Gasteiger partial charge in [0.25, 0.3) is 0 Å². The second kappa shape index (κ2) is 8.58. The van der Waals surface area contributed by atoms with E-state index in [1.807, 2.05) is 6.20 Å². The summed E-state index contributed by atoms with van der Waals surface area (Å²) < 4.78 is 13.3. The normalized spacial score (nSPS) is 19.9. The molecule has 0 N–H and O–H groups in total. The highest BCUT2D eigenvalue weighted by Crippen LogP contribution is 2.41. The van der Waals surface area contributed by atoms with Crippen LogP contribution in [0.25, 0.3) is 32.8 Å². The monoisotopic (exact) mass is 479 g/mol. The first kappa shape index (κ1) is 23.5. The molecule has 2 aliphatic heterocycles. The average Bonchev–Trinajstić information content (AvgIpc) is 3.10. The molecule has 2 saturated heterocycles. The Labute approximate surface area is 214 Å². The van der Waals surface area contributed by atoms with Crippen molar-refractivity contribution in [3.8, 4) is 11.3 Å². The lowest BCUT2D eigenvalue weighted by Gasteiger charge is -2.35. The van der Waals surface area contributed by atoms with Crippen molar-refractivity contribution in [1.29, 1.82) is 0 Å². The summed E-state index contributed by atoms with van der Waals surface area (Å²) in [4.78, 5) is 9.86. The van der Waals surface area contributed by atoms with E-state index >= 15 is 0 Å². The Bertz CT molecular complexity index is 1420. The lowest BCUT2D eigenvalue weighted by Crippen LogP contribution is -2.45. The number of benzene rings is 3. The molecule has 0 radical (unpaired) electrons. The van der Waals surface area contributed by atoms with Gasteiger partial charge in [0.1, 0.15) is 0 Å². The molecule has 6 rings (SSSR count). The van der Waals surface area contributed by atoms with Gasteiger partial charge in [0.2, 0.25) is 0 Å². The summed E-state index contributed by atoms with van der Waals surface area (Å²) in [6.45, 7) is 12.6. The van der Waals surface area contributed by atoms with Gasteiger partial charge >= 0.3 is 7.12 Å². The molecule has 6 heteroatoms. The molecule has 3 heterocycles. The molecule has 0 saturated carbocycles. The van der Waals surface area contributed by atoms with Gasteiger partial charge in [-0.1, -0.05) is 48.5 Å². The van der Waals surface area contributed by atoms with Gasteiger partial charge in [0, 0.05) is 54.4 Å². The molecule has 0 unspecified atom stereocenters.